The van der Waals surface area contributed by atoms with Crippen LogP contribution in [-0.4, -0.2) is 18.0 Å². The van der Waals surface area contributed by atoms with Crippen LogP contribution < -0.4 is 0 Å². The number of aliphatic imine (C=N–C) groups is 1. The van der Waals surface area contributed by atoms with Crippen LogP contribution in [0.2, 0.25) is 0 Å². The minimum Gasteiger partial charge on any atom is -0.299 e. The van der Waals surface area contributed by atoms with Gasteiger partial charge in [0.05, 0.1) is 0 Å². The molecule has 0 aromatic heterocycles. The first-order valence-electron chi connectivity index (χ1n) is 8.63. The number of hydrogen-bond donors (Lipinski definition) is 0. The number of ketones is 1. The highest BCUT2D eigenvalue weighted by Gasteiger charge is 2.58. The maximum Gasteiger partial charge on any atom is 0.139 e. The molecule has 0 amide bonds. The molecule has 0 bridgehead atoms. The molecule has 1 heterocycles. The average Bonchev–Trinajstić information content (AvgIpc) is 2.74. The minimum atomic E-state index is 0.0286. The van der Waals surface area contributed by atoms with Crippen molar-refractivity contribution in [1.29, 1.82) is 0 Å². The van der Waals surface area contributed by atoms with Gasteiger partial charge in [-0.3, -0.25) is 9.79 Å². The topological polar surface area (TPSA) is 29.4 Å². The number of carbonyl (C=O) groups is 1. The van der Waals surface area contributed by atoms with Gasteiger partial charge in [0, 0.05) is 29.5 Å². The second-order valence-corrected chi connectivity index (χ2v) is 8.18. The fourth-order valence-corrected chi connectivity index (χ4v) is 6.30. The van der Waals surface area contributed by atoms with E-state index >= 15 is 0 Å². The summed E-state index contributed by atoms with van der Waals surface area (Å²) in [6, 6.07) is 0. The molecular formula is C18H27NO. The highest BCUT2D eigenvalue weighted by molar-refractivity contribution is 5.92. The van der Waals surface area contributed by atoms with Crippen LogP contribution in [-0.2, 0) is 4.79 Å². The van der Waals surface area contributed by atoms with Gasteiger partial charge in [-0.1, -0.05) is 13.8 Å². The van der Waals surface area contributed by atoms with E-state index in [9.17, 15) is 4.79 Å². The summed E-state index contributed by atoms with van der Waals surface area (Å²) in [6.07, 6.45) is 9.53. The molecule has 3 saturated carbocycles. The van der Waals surface area contributed by atoms with Crippen molar-refractivity contribution < 1.29 is 4.79 Å². The summed E-state index contributed by atoms with van der Waals surface area (Å²) in [5.74, 6) is 2.84. The Hall–Kier alpha value is -0.660. The van der Waals surface area contributed by atoms with Gasteiger partial charge in [0.1, 0.15) is 5.78 Å². The quantitative estimate of drug-likeness (QED) is 0.655. The second kappa shape index (κ2) is 4.18. The normalized spacial score (nSPS) is 51.0. The third-order valence-corrected chi connectivity index (χ3v) is 7.50. The van der Waals surface area contributed by atoms with Crippen LogP contribution >= 0.6 is 0 Å². The molecule has 2 heteroatoms. The molecule has 4 rings (SSSR count). The molecule has 0 aromatic carbocycles. The van der Waals surface area contributed by atoms with E-state index < -0.39 is 0 Å². The van der Waals surface area contributed by atoms with Crippen LogP contribution in [0.5, 0.6) is 0 Å². The molecule has 0 N–H and O–H groups in total. The Balaban J connectivity index is 1.70. The van der Waals surface area contributed by atoms with E-state index in [1.54, 1.807) is 0 Å². The molecule has 5 atom stereocenters. The van der Waals surface area contributed by atoms with Gasteiger partial charge in [0.2, 0.25) is 0 Å². The third-order valence-electron chi connectivity index (χ3n) is 7.50. The lowest BCUT2D eigenvalue weighted by Gasteiger charge is -2.56. The molecule has 0 unspecified atom stereocenters. The van der Waals surface area contributed by atoms with Crippen molar-refractivity contribution in [2.75, 3.05) is 6.54 Å². The van der Waals surface area contributed by atoms with Crippen LogP contribution in [0.15, 0.2) is 4.99 Å². The van der Waals surface area contributed by atoms with Crippen LogP contribution in [0, 0.1) is 28.6 Å². The van der Waals surface area contributed by atoms with Gasteiger partial charge in [-0.25, -0.2) is 0 Å². The van der Waals surface area contributed by atoms with Crippen molar-refractivity contribution in [2.24, 2.45) is 33.6 Å². The molecule has 3 aliphatic carbocycles. The summed E-state index contributed by atoms with van der Waals surface area (Å²) >= 11 is 0. The first kappa shape index (κ1) is 13.0. The molecule has 1 aliphatic heterocycles. The average molecular weight is 273 g/mol. The smallest absolute Gasteiger partial charge is 0.139 e. The van der Waals surface area contributed by atoms with Gasteiger partial charge >= 0.3 is 0 Å². The van der Waals surface area contributed by atoms with Gasteiger partial charge in [0.15, 0.2) is 0 Å². The van der Waals surface area contributed by atoms with Crippen molar-refractivity contribution >= 4 is 11.5 Å². The first-order valence-corrected chi connectivity index (χ1v) is 8.63. The van der Waals surface area contributed by atoms with Crippen LogP contribution in [0.4, 0.5) is 0 Å². The summed E-state index contributed by atoms with van der Waals surface area (Å²) in [7, 11) is 0. The lowest BCUT2D eigenvalue weighted by molar-refractivity contribution is -0.131. The van der Waals surface area contributed by atoms with Crippen molar-refractivity contribution in [3.05, 3.63) is 0 Å². The van der Waals surface area contributed by atoms with Gasteiger partial charge in [-0.15, -0.1) is 0 Å². The van der Waals surface area contributed by atoms with Gasteiger partial charge in [-0.05, 0) is 62.7 Å². The molecule has 0 spiro atoms. The van der Waals surface area contributed by atoms with E-state index in [2.05, 4.69) is 13.8 Å². The SMILES string of the molecule is C[C@]12CCCN=C1CC[C@@H]1[C@@H]2CC[C@]2(C)C(=O)CC[C@@H]12. The van der Waals surface area contributed by atoms with E-state index in [1.807, 2.05) is 0 Å². The lowest BCUT2D eigenvalue weighted by atomic mass is 9.48. The molecule has 0 radical (unpaired) electrons. The summed E-state index contributed by atoms with van der Waals surface area (Å²) in [6.45, 7) is 5.82. The number of nitrogens with zero attached hydrogens (tertiary/aromatic N) is 1. The zero-order valence-corrected chi connectivity index (χ0v) is 13.0. The number of rotatable bonds is 0. The third kappa shape index (κ3) is 1.51. The molecule has 20 heavy (non-hydrogen) atoms. The molecule has 0 saturated heterocycles. The predicted octanol–water partition coefficient (Wildman–Crippen LogP) is 4.03. The van der Waals surface area contributed by atoms with Crippen molar-refractivity contribution in [1.82, 2.24) is 0 Å². The summed E-state index contributed by atoms with van der Waals surface area (Å²) in [4.78, 5) is 17.2. The fraction of sp³-hybridized carbons (Fsp3) is 0.889. The van der Waals surface area contributed by atoms with E-state index in [1.165, 1.54) is 44.2 Å². The van der Waals surface area contributed by atoms with E-state index in [0.29, 0.717) is 17.1 Å². The Bertz CT molecular complexity index is 482. The van der Waals surface area contributed by atoms with Crippen molar-refractivity contribution in [2.45, 2.75) is 65.2 Å². The molecular weight excluding hydrogens is 246 g/mol. The van der Waals surface area contributed by atoms with Crippen molar-refractivity contribution in [3.63, 3.8) is 0 Å². The zero-order chi connectivity index (χ0) is 14.0. The molecule has 4 aliphatic rings. The largest absolute Gasteiger partial charge is 0.299 e. The standard InChI is InChI=1S/C18H27NO/c1-17-9-3-11-19-15(17)6-4-12-13-5-7-16(20)18(13,2)10-8-14(12)17/h12-14H,3-11H2,1-2H3/t12-,13-,14-,17+,18-/m0/s1. The zero-order valence-electron chi connectivity index (χ0n) is 13.0. The number of fused-ring (bicyclic) bond motifs is 5. The van der Waals surface area contributed by atoms with Crippen LogP contribution in [0.25, 0.3) is 0 Å². The molecule has 3 fully saturated rings. The molecule has 2 nitrogen and oxygen atoms in total. The predicted molar refractivity (Wildman–Crippen MR) is 80.9 cm³/mol. The number of Topliss-reactive ketones (excluding diaryl/α,β-unsaturated/α-hetero) is 1. The maximum absolute atomic E-state index is 12.3. The van der Waals surface area contributed by atoms with E-state index in [-0.39, 0.29) is 5.41 Å². The van der Waals surface area contributed by atoms with E-state index in [0.717, 1.165) is 31.2 Å². The fourth-order valence-electron chi connectivity index (χ4n) is 6.30. The maximum atomic E-state index is 12.3. The number of hydrogen-bond acceptors (Lipinski definition) is 2. The van der Waals surface area contributed by atoms with Gasteiger partial charge in [-0.2, -0.15) is 0 Å². The molecule has 0 aromatic rings. The highest BCUT2D eigenvalue weighted by Crippen LogP contribution is 2.62. The summed E-state index contributed by atoms with van der Waals surface area (Å²) in [5.41, 5.74) is 1.92. The molecule has 110 valence electrons. The summed E-state index contributed by atoms with van der Waals surface area (Å²) < 4.78 is 0. The first-order chi connectivity index (χ1) is 9.56. The highest BCUT2D eigenvalue weighted by atomic mass is 16.1. The Morgan fingerprint density at radius 2 is 1.80 bits per heavy atom. The Kier molecular flexibility index (Phi) is 2.72. The monoisotopic (exact) mass is 273 g/mol. The number of carbonyl (C=O) groups excluding carboxylic acids is 1. The minimum absolute atomic E-state index is 0.0286. The van der Waals surface area contributed by atoms with Gasteiger partial charge in [0.25, 0.3) is 0 Å². The lowest BCUT2D eigenvalue weighted by Crippen LogP contribution is -2.53. The Labute approximate surface area is 122 Å². The van der Waals surface area contributed by atoms with Crippen LogP contribution in [0.1, 0.15) is 65.2 Å². The van der Waals surface area contributed by atoms with Crippen LogP contribution in [0.3, 0.4) is 0 Å². The van der Waals surface area contributed by atoms with E-state index in [4.69, 9.17) is 4.99 Å². The summed E-state index contributed by atoms with van der Waals surface area (Å²) in [5, 5.41) is 0. The second-order valence-electron chi connectivity index (χ2n) is 8.18. The Morgan fingerprint density at radius 3 is 2.65 bits per heavy atom. The van der Waals surface area contributed by atoms with Crippen molar-refractivity contribution in [3.8, 4) is 0 Å². The van der Waals surface area contributed by atoms with Gasteiger partial charge < -0.3 is 0 Å². The Morgan fingerprint density at radius 1 is 1.00 bits per heavy atom.